The monoisotopic (exact) mass is 410 g/mol. The van der Waals surface area contributed by atoms with Crippen molar-refractivity contribution in [2.75, 3.05) is 6.26 Å². The second-order valence-electron chi connectivity index (χ2n) is 7.89. The summed E-state index contributed by atoms with van der Waals surface area (Å²) in [6.07, 6.45) is 3.50. The molecule has 3 aromatic rings. The van der Waals surface area contributed by atoms with Gasteiger partial charge in [0, 0.05) is 23.0 Å². The highest BCUT2D eigenvalue weighted by Gasteiger charge is 2.32. The molecule has 6 nitrogen and oxygen atoms in total. The van der Waals surface area contributed by atoms with Crippen molar-refractivity contribution in [3.8, 4) is 11.3 Å². The van der Waals surface area contributed by atoms with E-state index in [1.165, 1.54) is 6.26 Å². The third kappa shape index (κ3) is 4.57. The summed E-state index contributed by atoms with van der Waals surface area (Å²) < 4.78 is 28.7. The molecule has 1 aliphatic heterocycles. The molecule has 2 aromatic heterocycles. The van der Waals surface area contributed by atoms with Gasteiger partial charge < -0.3 is 0 Å². The molecule has 0 bridgehead atoms. The van der Waals surface area contributed by atoms with Crippen LogP contribution in [-0.2, 0) is 22.9 Å². The molecule has 0 unspecified atom stereocenters. The van der Waals surface area contributed by atoms with E-state index in [-0.39, 0.29) is 12.1 Å². The summed E-state index contributed by atoms with van der Waals surface area (Å²) >= 11 is 0. The van der Waals surface area contributed by atoms with Crippen molar-refractivity contribution < 1.29 is 8.42 Å². The second kappa shape index (κ2) is 7.72. The number of nitrogens with zero attached hydrogens (tertiary/aromatic N) is 3. The van der Waals surface area contributed by atoms with E-state index in [0.29, 0.717) is 6.42 Å². The Morgan fingerprint density at radius 1 is 1.10 bits per heavy atom. The summed E-state index contributed by atoms with van der Waals surface area (Å²) in [4.78, 5) is 4.62. The molecule has 0 aliphatic carbocycles. The number of aromatic nitrogens is 3. The minimum Gasteiger partial charge on any atom is -0.264 e. The number of sulfonamides is 1. The Morgan fingerprint density at radius 2 is 1.90 bits per heavy atom. The van der Waals surface area contributed by atoms with Gasteiger partial charge in [0.15, 0.2) is 0 Å². The van der Waals surface area contributed by atoms with E-state index in [1.54, 1.807) is 0 Å². The standard InChI is InChI=1S/C22H26N4O2S/c1-15-6-4-9-20(23-15)18-8-5-7-17(13-18)14-22-21(25-29(3,27)28)11-10-19-12-16(2)24-26(19)22/h4-9,12-13,21-22,25H,10-11,14H2,1-3H3/t21-,22-/m0/s1. The van der Waals surface area contributed by atoms with Crippen LogP contribution in [0.15, 0.2) is 48.5 Å². The molecular weight excluding hydrogens is 384 g/mol. The first-order chi connectivity index (χ1) is 13.8. The lowest BCUT2D eigenvalue weighted by Crippen LogP contribution is -2.45. The summed E-state index contributed by atoms with van der Waals surface area (Å²) in [5.74, 6) is 0. The van der Waals surface area contributed by atoms with E-state index < -0.39 is 10.0 Å². The first kappa shape index (κ1) is 19.8. The molecule has 0 saturated heterocycles. The van der Waals surface area contributed by atoms with Crippen molar-refractivity contribution in [1.29, 1.82) is 0 Å². The fourth-order valence-electron chi connectivity index (χ4n) is 4.15. The largest absolute Gasteiger partial charge is 0.264 e. The van der Waals surface area contributed by atoms with Gasteiger partial charge in [-0.1, -0.05) is 24.3 Å². The predicted octanol–water partition coefficient (Wildman–Crippen LogP) is 3.21. The SMILES string of the molecule is Cc1cccc(-c2cccc(C[C@H]3[C@@H](NS(C)(=O)=O)CCc4cc(C)nn43)c2)n1. The van der Waals surface area contributed by atoms with Crippen molar-refractivity contribution in [2.24, 2.45) is 0 Å². The van der Waals surface area contributed by atoms with Gasteiger partial charge in [-0.15, -0.1) is 0 Å². The van der Waals surface area contributed by atoms with E-state index in [0.717, 1.165) is 46.7 Å². The van der Waals surface area contributed by atoms with Gasteiger partial charge in [0.1, 0.15) is 0 Å². The molecule has 0 saturated carbocycles. The van der Waals surface area contributed by atoms with Gasteiger partial charge in [0.25, 0.3) is 0 Å². The number of pyridine rings is 1. The lowest BCUT2D eigenvalue weighted by molar-refractivity contribution is 0.299. The van der Waals surface area contributed by atoms with Crippen molar-refractivity contribution in [3.05, 3.63) is 71.2 Å². The summed E-state index contributed by atoms with van der Waals surface area (Å²) in [6, 6.07) is 16.2. The first-order valence-corrected chi connectivity index (χ1v) is 11.7. The second-order valence-corrected chi connectivity index (χ2v) is 9.67. The first-order valence-electron chi connectivity index (χ1n) is 9.84. The Labute approximate surface area is 172 Å². The van der Waals surface area contributed by atoms with Gasteiger partial charge in [-0.2, -0.15) is 5.10 Å². The summed E-state index contributed by atoms with van der Waals surface area (Å²) in [5, 5.41) is 4.67. The molecule has 0 spiro atoms. The van der Waals surface area contributed by atoms with Crippen molar-refractivity contribution in [1.82, 2.24) is 19.5 Å². The van der Waals surface area contributed by atoms with Crippen LogP contribution in [0.3, 0.4) is 0 Å². The highest BCUT2D eigenvalue weighted by atomic mass is 32.2. The third-order valence-electron chi connectivity index (χ3n) is 5.35. The fourth-order valence-corrected chi connectivity index (χ4v) is 4.98. The Morgan fingerprint density at radius 3 is 2.66 bits per heavy atom. The molecule has 3 heterocycles. The van der Waals surface area contributed by atoms with E-state index in [9.17, 15) is 8.42 Å². The van der Waals surface area contributed by atoms with Gasteiger partial charge in [0.2, 0.25) is 10.0 Å². The Bertz CT molecular complexity index is 1140. The molecule has 1 aliphatic rings. The molecule has 1 aromatic carbocycles. The predicted molar refractivity (Wildman–Crippen MR) is 114 cm³/mol. The van der Waals surface area contributed by atoms with Crippen LogP contribution in [-0.4, -0.2) is 35.5 Å². The van der Waals surface area contributed by atoms with E-state index in [2.05, 4.69) is 39.1 Å². The molecule has 0 amide bonds. The van der Waals surface area contributed by atoms with Gasteiger partial charge in [-0.25, -0.2) is 13.1 Å². The minimum absolute atomic E-state index is 0.0668. The van der Waals surface area contributed by atoms with Crippen LogP contribution in [0.4, 0.5) is 0 Å². The van der Waals surface area contributed by atoms with Crippen LogP contribution in [0, 0.1) is 13.8 Å². The third-order valence-corrected chi connectivity index (χ3v) is 6.08. The van der Waals surface area contributed by atoms with Crippen LogP contribution in [0.2, 0.25) is 0 Å². The lowest BCUT2D eigenvalue weighted by Gasteiger charge is -2.33. The molecule has 0 radical (unpaired) electrons. The average Bonchev–Trinajstić information content (AvgIpc) is 3.04. The Balaban J connectivity index is 1.67. The number of aryl methyl sites for hydroxylation is 3. The number of rotatable bonds is 5. The lowest BCUT2D eigenvalue weighted by atomic mass is 9.92. The molecule has 2 atom stereocenters. The maximum absolute atomic E-state index is 11.9. The number of hydrogen-bond donors (Lipinski definition) is 1. The maximum Gasteiger partial charge on any atom is 0.209 e. The fraction of sp³-hybridized carbons (Fsp3) is 0.364. The van der Waals surface area contributed by atoms with E-state index in [1.807, 2.05) is 42.8 Å². The summed E-state index contributed by atoms with van der Waals surface area (Å²) in [6.45, 7) is 3.96. The van der Waals surface area contributed by atoms with Crippen LogP contribution in [0.25, 0.3) is 11.3 Å². The Hall–Kier alpha value is -2.51. The zero-order chi connectivity index (χ0) is 20.6. The van der Waals surface area contributed by atoms with Crippen LogP contribution in [0.1, 0.15) is 35.1 Å². The summed E-state index contributed by atoms with van der Waals surface area (Å²) in [5.41, 5.74) is 6.24. The molecule has 0 fully saturated rings. The van der Waals surface area contributed by atoms with Crippen molar-refractivity contribution in [3.63, 3.8) is 0 Å². The minimum atomic E-state index is -3.30. The van der Waals surface area contributed by atoms with Crippen molar-refractivity contribution >= 4 is 10.0 Å². The average molecular weight is 411 g/mol. The number of benzene rings is 1. The quantitative estimate of drug-likeness (QED) is 0.701. The molecule has 1 N–H and O–H groups in total. The van der Waals surface area contributed by atoms with Crippen molar-refractivity contribution in [2.45, 2.75) is 45.2 Å². The number of hydrogen-bond acceptors (Lipinski definition) is 4. The van der Waals surface area contributed by atoms with E-state index >= 15 is 0 Å². The van der Waals surface area contributed by atoms with Crippen LogP contribution < -0.4 is 4.72 Å². The smallest absolute Gasteiger partial charge is 0.209 e. The van der Waals surface area contributed by atoms with Crippen LogP contribution >= 0.6 is 0 Å². The molecule has 152 valence electrons. The highest BCUT2D eigenvalue weighted by molar-refractivity contribution is 7.88. The number of nitrogens with one attached hydrogen (secondary N) is 1. The van der Waals surface area contributed by atoms with Gasteiger partial charge in [-0.3, -0.25) is 9.67 Å². The highest BCUT2D eigenvalue weighted by Crippen LogP contribution is 2.30. The zero-order valence-corrected chi connectivity index (χ0v) is 17.8. The van der Waals surface area contributed by atoms with Gasteiger partial charge >= 0.3 is 0 Å². The molecular formula is C22H26N4O2S. The number of fused-ring (bicyclic) bond motifs is 1. The molecule has 29 heavy (non-hydrogen) atoms. The summed E-state index contributed by atoms with van der Waals surface area (Å²) in [7, 11) is -3.30. The van der Waals surface area contributed by atoms with Gasteiger partial charge in [0.05, 0.1) is 23.7 Å². The normalized spacial score (nSPS) is 19.1. The van der Waals surface area contributed by atoms with E-state index in [4.69, 9.17) is 0 Å². The molecule has 4 rings (SSSR count). The molecule has 7 heteroatoms. The van der Waals surface area contributed by atoms with Crippen LogP contribution in [0.5, 0.6) is 0 Å². The Kier molecular flexibility index (Phi) is 5.27. The van der Waals surface area contributed by atoms with Gasteiger partial charge in [-0.05, 0) is 62.9 Å². The maximum atomic E-state index is 11.9. The zero-order valence-electron chi connectivity index (χ0n) is 17.0. The topological polar surface area (TPSA) is 76.9 Å².